The quantitative estimate of drug-likeness (QED) is 0.825. The summed E-state index contributed by atoms with van der Waals surface area (Å²) in [6.07, 6.45) is 3.67. The van der Waals surface area contributed by atoms with Gasteiger partial charge in [-0.05, 0) is 12.3 Å². The Morgan fingerprint density at radius 3 is 2.94 bits per heavy atom. The molecule has 1 heterocycles. The van der Waals surface area contributed by atoms with Crippen LogP contribution in [-0.2, 0) is 0 Å². The van der Waals surface area contributed by atoms with E-state index in [-0.39, 0.29) is 12.2 Å². The van der Waals surface area contributed by atoms with E-state index in [0.717, 1.165) is 12.8 Å². The maximum Gasteiger partial charge on any atom is 0.218 e. The molecule has 1 aromatic rings. The molecule has 0 bridgehead atoms. The Bertz CT molecular complexity index is 362. The van der Waals surface area contributed by atoms with E-state index < -0.39 is 0 Å². The lowest BCUT2D eigenvalue weighted by atomic mass is 10.0. The van der Waals surface area contributed by atoms with Gasteiger partial charge in [-0.15, -0.1) is 0 Å². The molecule has 88 valence electrons. The van der Waals surface area contributed by atoms with Gasteiger partial charge in [0.2, 0.25) is 5.88 Å². The minimum Gasteiger partial charge on any atom is -0.474 e. The highest BCUT2D eigenvalue weighted by atomic mass is 35.5. The molecule has 5 heteroatoms. The van der Waals surface area contributed by atoms with Crippen molar-refractivity contribution in [3.8, 4) is 5.88 Å². The Balaban J connectivity index is 1.96. The minimum atomic E-state index is -0.257. The van der Waals surface area contributed by atoms with Crippen LogP contribution in [0.1, 0.15) is 26.2 Å². The van der Waals surface area contributed by atoms with Gasteiger partial charge in [0.15, 0.2) is 0 Å². The van der Waals surface area contributed by atoms with Crippen LogP contribution in [-0.4, -0.2) is 27.3 Å². The van der Waals surface area contributed by atoms with Gasteiger partial charge in [-0.2, -0.15) is 0 Å². The zero-order chi connectivity index (χ0) is 11.5. The molecule has 1 aromatic heterocycles. The predicted molar refractivity (Wildman–Crippen MR) is 60.5 cm³/mol. The fraction of sp³-hybridized carbons (Fsp3) is 0.636. The summed E-state index contributed by atoms with van der Waals surface area (Å²) in [6, 6.07) is 1.59. The average molecular weight is 243 g/mol. The largest absolute Gasteiger partial charge is 0.474 e. The zero-order valence-electron chi connectivity index (χ0n) is 9.14. The van der Waals surface area contributed by atoms with Crippen molar-refractivity contribution in [3.63, 3.8) is 0 Å². The standard InChI is InChI=1S/C11H15ClN2O2/c1-2-7-3-8(4-9(7)15)16-11-5-10(12)13-6-14-11/h5-9,15H,2-4H2,1H3/t7-,8+,9-/m0/s1. The van der Waals surface area contributed by atoms with Gasteiger partial charge in [0.05, 0.1) is 6.10 Å². The fourth-order valence-electron chi connectivity index (χ4n) is 2.14. The van der Waals surface area contributed by atoms with Crippen molar-refractivity contribution in [2.45, 2.75) is 38.4 Å². The molecule has 2 rings (SSSR count). The number of aromatic nitrogens is 2. The van der Waals surface area contributed by atoms with Crippen molar-refractivity contribution in [1.29, 1.82) is 0 Å². The third kappa shape index (κ3) is 2.62. The number of aliphatic hydroxyl groups is 1. The van der Waals surface area contributed by atoms with Gasteiger partial charge in [0.1, 0.15) is 17.6 Å². The molecule has 0 saturated heterocycles. The molecule has 0 radical (unpaired) electrons. The highest BCUT2D eigenvalue weighted by Gasteiger charge is 2.33. The van der Waals surface area contributed by atoms with E-state index in [9.17, 15) is 5.11 Å². The summed E-state index contributed by atoms with van der Waals surface area (Å²) in [6.45, 7) is 2.08. The van der Waals surface area contributed by atoms with E-state index in [1.165, 1.54) is 6.33 Å². The molecule has 0 aliphatic heterocycles. The summed E-state index contributed by atoms with van der Waals surface area (Å²) < 4.78 is 5.66. The lowest BCUT2D eigenvalue weighted by molar-refractivity contribution is 0.122. The van der Waals surface area contributed by atoms with Gasteiger partial charge in [0, 0.05) is 12.5 Å². The monoisotopic (exact) mass is 242 g/mol. The molecule has 3 atom stereocenters. The molecule has 1 N–H and O–H groups in total. The van der Waals surface area contributed by atoms with Crippen LogP contribution in [0.2, 0.25) is 5.15 Å². The summed E-state index contributed by atoms with van der Waals surface area (Å²) in [5.41, 5.74) is 0. The molecule has 0 amide bonds. The second kappa shape index (κ2) is 4.97. The van der Waals surface area contributed by atoms with Crippen molar-refractivity contribution in [3.05, 3.63) is 17.5 Å². The van der Waals surface area contributed by atoms with Crippen molar-refractivity contribution in [1.82, 2.24) is 9.97 Å². The SMILES string of the molecule is CC[C@H]1C[C@@H](Oc2cc(Cl)ncn2)C[C@@H]1O. The first-order valence-electron chi connectivity index (χ1n) is 5.51. The van der Waals surface area contributed by atoms with Gasteiger partial charge in [-0.1, -0.05) is 24.9 Å². The summed E-state index contributed by atoms with van der Waals surface area (Å²) in [5.74, 6) is 0.816. The highest BCUT2D eigenvalue weighted by molar-refractivity contribution is 6.29. The van der Waals surface area contributed by atoms with E-state index >= 15 is 0 Å². The Morgan fingerprint density at radius 2 is 2.31 bits per heavy atom. The van der Waals surface area contributed by atoms with E-state index in [1.807, 2.05) is 0 Å². The van der Waals surface area contributed by atoms with Crippen molar-refractivity contribution in [2.24, 2.45) is 5.92 Å². The van der Waals surface area contributed by atoms with Crippen LogP contribution < -0.4 is 4.74 Å². The van der Waals surface area contributed by atoms with Gasteiger partial charge in [0.25, 0.3) is 0 Å². The highest BCUT2D eigenvalue weighted by Crippen LogP contribution is 2.31. The third-order valence-electron chi connectivity index (χ3n) is 3.03. The van der Waals surface area contributed by atoms with Crippen LogP contribution in [0, 0.1) is 5.92 Å². The zero-order valence-corrected chi connectivity index (χ0v) is 9.89. The molecular weight excluding hydrogens is 228 g/mol. The Morgan fingerprint density at radius 1 is 1.50 bits per heavy atom. The van der Waals surface area contributed by atoms with E-state index in [1.54, 1.807) is 6.07 Å². The Kier molecular flexibility index (Phi) is 3.61. The maximum atomic E-state index is 9.75. The molecule has 4 nitrogen and oxygen atoms in total. The van der Waals surface area contributed by atoms with Crippen LogP contribution in [0.15, 0.2) is 12.4 Å². The fourth-order valence-corrected chi connectivity index (χ4v) is 2.28. The molecular formula is C11H15ClN2O2. The number of nitrogens with zero attached hydrogens (tertiary/aromatic N) is 2. The summed E-state index contributed by atoms with van der Waals surface area (Å²) in [7, 11) is 0. The first kappa shape index (κ1) is 11.6. The summed E-state index contributed by atoms with van der Waals surface area (Å²) in [5, 5.41) is 10.1. The van der Waals surface area contributed by atoms with Crippen molar-refractivity contribution < 1.29 is 9.84 Å². The average Bonchev–Trinajstić information content (AvgIpc) is 2.58. The third-order valence-corrected chi connectivity index (χ3v) is 3.24. The number of aliphatic hydroxyl groups excluding tert-OH is 1. The number of hydrogen-bond donors (Lipinski definition) is 1. The minimum absolute atomic E-state index is 0.0333. The smallest absolute Gasteiger partial charge is 0.218 e. The number of hydrogen-bond acceptors (Lipinski definition) is 4. The second-order valence-electron chi connectivity index (χ2n) is 4.13. The number of ether oxygens (including phenoxy) is 1. The van der Waals surface area contributed by atoms with E-state index in [2.05, 4.69) is 16.9 Å². The van der Waals surface area contributed by atoms with Crippen LogP contribution in [0.4, 0.5) is 0 Å². The Hall–Kier alpha value is -0.870. The molecule has 0 spiro atoms. The summed E-state index contributed by atoms with van der Waals surface area (Å²) in [4.78, 5) is 7.76. The number of rotatable bonds is 3. The predicted octanol–water partition coefficient (Wildman–Crippen LogP) is 2.06. The molecule has 0 unspecified atom stereocenters. The summed E-state index contributed by atoms with van der Waals surface area (Å²) >= 11 is 5.73. The number of halogens is 1. The van der Waals surface area contributed by atoms with Gasteiger partial charge < -0.3 is 9.84 Å². The molecule has 1 aliphatic rings. The maximum absolute atomic E-state index is 9.75. The first-order valence-corrected chi connectivity index (χ1v) is 5.89. The van der Waals surface area contributed by atoms with Crippen molar-refractivity contribution in [2.75, 3.05) is 0 Å². The van der Waals surface area contributed by atoms with E-state index in [4.69, 9.17) is 16.3 Å². The topological polar surface area (TPSA) is 55.2 Å². The van der Waals surface area contributed by atoms with Crippen LogP contribution in [0.5, 0.6) is 5.88 Å². The molecule has 1 aliphatic carbocycles. The molecule has 1 saturated carbocycles. The molecule has 0 aromatic carbocycles. The van der Waals surface area contributed by atoms with Crippen molar-refractivity contribution >= 4 is 11.6 Å². The van der Waals surface area contributed by atoms with Crippen LogP contribution >= 0.6 is 11.6 Å². The normalized spacial score (nSPS) is 29.3. The van der Waals surface area contributed by atoms with Gasteiger partial charge >= 0.3 is 0 Å². The lowest BCUT2D eigenvalue weighted by Crippen LogP contribution is -2.14. The molecule has 1 fully saturated rings. The van der Waals surface area contributed by atoms with Gasteiger partial charge in [-0.25, -0.2) is 9.97 Å². The first-order chi connectivity index (χ1) is 7.69. The molecule has 16 heavy (non-hydrogen) atoms. The Labute approximate surface area is 99.6 Å². The second-order valence-corrected chi connectivity index (χ2v) is 4.51. The van der Waals surface area contributed by atoms with E-state index in [0.29, 0.717) is 23.4 Å². The van der Waals surface area contributed by atoms with Crippen LogP contribution in [0.3, 0.4) is 0 Å². The lowest BCUT2D eigenvalue weighted by Gasteiger charge is -2.12. The van der Waals surface area contributed by atoms with Crippen LogP contribution in [0.25, 0.3) is 0 Å². The van der Waals surface area contributed by atoms with Gasteiger partial charge in [-0.3, -0.25) is 0 Å².